The van der Waals surface area contributed by atoms with Gasteiger partial charge in [-0.05, 0) is 76.8 Å². The van der Waals surface area contributed by atoms with E-state index in [-0.39, 0.29) is 0 Å². The number of ether oxygens (including phenoxy) is 1. The number of allylic oxidation sites excluding steroid dienone is 5. The molecule has 1 heterocycles. The molecule has 0 spiro atoms. The van der Waals surface area contributed by atoms with Gasteiger partial charge in [-0.3, -0.25) is 5.10 Å². The number of hydrogen-bond acceptors (Lipinski definition) is 2. The topological polar surface area (TPSA) is 37.9 Å². The number of benzene rings is 2. The average molecular weight is 399 g/mol. The molecule has 1 aliphatic carbocycles. The van der Waals surface area contributed by atoms with Crippen LogP contribution < -0.4 is 4.74 Å². The summed E-state index contributed by atoms with van der Waals surface area (Å²) in [6, 6.07) is 13.2. The van der Waals surface area contributed by atoms with Gasteiger partial charge in [0.15, 0.2) is 0 Å². The van der Waals surface area contributed by atoms with E-state index in [1.165, 1.54) is 33.4 Å². The van der Waals surface area contributed by atoms with Gasteiger partial charge in [-0.25, -0.2) is 0 Å². The first-order chi connectivity index (χ1) is 14.6. The molecule has 0 aliphatic heterocycles. The third-order valence-corrected chi connectivity index (χ3v) is 5.87. The molecule has 2 aromatic carbocycles. The van der Waals surface area contributed by atoms with Crippen LogP contribution >= 0.6 is 0 Å². The molecular formula is C27H30N2O. The van der Waals surface area contributed by atoms with Crippen molar-refractivity contribution in [3.63, 3.8) is 0 Å². The maximum absolute atomic E-state index is 5.78. The molecule has 0 amide bonds. The predicted octanol–water partition coefficient (Wildman–Crippen LogP) is 7.18. The first kappa shape index (κ1) is 20.2. The zero-order valence-corrected chi connectivity index (χ0v) is 18.3. The van der Waals surface area contributed by atoms with E-state index in [4.69, 9.17) is 4.74 Å². The SMILES string of the molecule is CC/C(C1=CCCC=C1)=C(/c1ccc(C(C)C)c(OC)c1)c1ccc2[nH]ncc2c1. The van der Waals surface area contributed by atoms with Crippen molar-refractivity contribution in [3.05, 3.63) is 88.7 Å². The average Bonchev–Trinajstić information content (AvgIpc) is 3.25. The Kier molecular flexibility index (Phi) is 5.89. The first-order valence-electron chi connectivity index (χ1n) is 10.8. The molecule has 154 valence electrons. The highest BCUT2D eigenvalue weighted by Crippen LogP contribution is 2.38. The summed E-state index contributed by atoms with van der Waals surface area (Å²) in [4.78, 5) is 0. The van der Waals surface area contributed by atoms with E-state index >= 15 is 0 Å². The van der Waals surface area contributed by atoms with Gasteiger partial charge in [0.25, 0.3) is 0 Å². The van der Waals surface area contributed by atoms with Crippen molar-refractivity contribution in [1.29, 1.82) is 0 Å². The summed E-state index contributed by atoms with van der Waals surface area (Å²) in [6.07, 6.45) is 12.0. The lowest BCUT2D eigenvalue weighted by Gasteiger charge is -2.20. The maximum Gasteiger partial charge on any atom is 0.122 e. The van der Waals surface area contributed by atoms with Gasteiger partial charge in [-0.1, -0.05) is 57.2 Å². The molecule has 0 radical (unpaired) electrons. The number of fused-ring (bicyclic) bond motifs is 1. The van der Waals surface area contributed by atoms with Crippen LogP contribution in [-0.4, -0.2) is 17.3 Å². The van der Waals surface area contributed by atoms with E-state index in [0.717, 1.165) is 35.9 Å². The number of aromatic amines is 1. The second-order valence-corrected chi connectivity index (χ2v) is 8.13. The molecular weight excluding hydrogens is 368 g/mol. The molecule has 3 nitrogen and oxygen atoms in total. The smallest absolute Gasteiger partial charge is 0.122 e. The molecule has 0 bridgehead atoms. The lowest BCUT2D eigenvalue weighted by Crippen LogP contribution is -2.01. The number of hydrogen-bond donors (Lipinski definition) is 1. The summed E-state index contributed by atoms with van der Waals surface area (Å²) >= 11 is 0. The number of rotatable bonds is 6. The monoisotopic (exact) mass is 398 g/mol. The normalized spacial score (nSPS) is 14.8. The van der Waals surface area contributed by atoms with E-state index in [9.17, 15) is 0 Å². The van der Waals surface area contributed by atoms with Gasteiger partial charge in [0.05, 0.1) is 18.8 Å². The number of H-pyrrole nitrogens is 1. The molecule has 1 aromatic heterocycles. The molecule has 0 atom stereocenters. The number of nitrogens with one attached hydrogen (secondary N) is 1. The molecule has 1 aliphatic rings. The minimum absolute atomic E-state index is 0.415. The van der Waals surface area contributed by atoms with Crippen molar-refractivity contribution in [2.45, 2.75) is 46.0 Å². The lowest BCUT2D eigenvalue weighted by atomic mass is 9.85. The standard InChI is InChI=1S/C27H30N2O/c1-5-23(19-9-7-6-8-10-19)27(20-12-14-25-22(15-20)17-28-29-25)21-11-13-24(18(2)3)26(16-21)30-4/h7,9-18H,5-6,8H2,1-4H3,(H,28,29)/b27-23-. The highest BCUT2D eigenvalue weighted by atomic mass is 16.5. The van der Waals surface area contributed by atoms with Crippen LogP contribution in [0, 0.1) is 0 Å². The number of aromatic nitrogens is 2. The molecule has 1 N–H and O–H groups in total. The third-order valence-electron chi connectivity index (χ3n) is 5.87. The van der Waals surface area contributed by atoms with Crippen LogP contribution in [0.4, 0.5) is 0 Å². The van der Waals surface area contributed by atoms with Gasteiger partial charge in [-0.2, -0.15) is 5.10 Å². The molecule has 4 rings (SSSR count). The molecule has 0 unspecified atom stereocenters. The Morgan fingerprint density at radius 1 is 1.10 bits per heavy atom. The fourth-order valence-corrected chi connectivity index (χ4v) is 4.32. The lowest BCUT2D eigenvalue weighted by molar-refractivity contribution is 0.407. The van der Waals surface area contributed by atoms with Crippen LogP contribution in [0.5, 0.6) is 5.75 Å². The van der Waals surface area contributed by atoms with Crippen molar-refractivity contribution in [2.24, 2.45) is 0 Å². The quantitative estimate of drug-likeness (QED) is 0.477. The summed E-state index contributed by atoms with van der Waals surface area (Å²) in [5, 5.41) is 8.39. The Bertz CT molecular complexity index is 1140. The number of nitrogens with zero attached hydrogens (tertiary/aromatic N) is 1. The minimum Gasteiger partial charge on any atom is -0.496 e. The van der Waals surface area contributed by atoms with Gasteiger partial charge >= 0.3 is 0 Å². The van der Waals surface area contributed by atoms with Crippen molar-refractivity contribution in [1.82, 2.24) is 10.2 Å². The molecule has 3 heteroatoms. The van der Waals surface area contributed by atoms with Crippen LogP contribution in [0.1, 0.15) is 62.6 Å². The van der Waals surface area contributed by atoms with Crippen molar-refractivity contribution >= 4 is 16.5 Å². The molecule has 30 heavy (non-hydrogen) atoms. The molecule has 3 aromatic rings. The highest BCUT2D eigenvalue weighted by Gasteiger charge is 2.17. The Hall–Kier alpha value is -3.07. The van der Waals surface area contributed by atoms with E-state index < -0.39 is 0 Å². The van der Waals surface area contributed by atoms with E-state index in [2.05, 4.69) is 85.6 Å². The molecule has 0 saturated heterocycles. The maximum atomic E-state index is 5.78. The number of methoxy groups -OCH3 is 1. The minimum atomic E-state index is 0.415. The van der Waals surface area contributed by atoms with Gasteiger partial charge in [0.1, 0.15) is 5.75 Å². The summed E-state index contributed by atoms with van der Waals surface area (Å²) in [5.74, 6) is 1.37. The van der Waals surface area contributed by atoms with Gasteiger partial charge in [-0.15, -0.1) is 0 Å². The Morgan fingerprint density at radius 3 is 2.60 bits per heavy atom. The fourth-order valence-electron chi connectivity index (χ4n) is 4.32. The Balaban J connectivity index is 1.97. The molecule has 0 saturated carbocycles. The second kappa shape index (κ2) is 8.74. The fraction of sp³-hybridized carbons (Fsp3) is 0.296. The van der Waals surface area contributed by atoms with Gasteiger partial charge < -0.3 is 4.74 Å². The first-order valence-corrected chi connectivity index (χ1v) is 10.8. The van der Waals surface area contributed by atoms with Crippen LogP contribution in [0.2, 0.25) is 0 Å². The summed E-state index contributed by atoms with van der Waals surface area (Å²) in [5.41, 5.74) is 8.66. The second-order valence-electron chi connectivity index (χ2n) is 8.13. The third kappa shape index (κ3) is 3.85. The van der Waals surface area contributed by atoms with Crippen molar-refractivity contribution in [2.75, 3.05) is 7.11 Å². The van der Waals surface area contributed by atoms with Crippen molar-refractivity contribution < 1.29 is 4.74 Å². The zero-order valence-electron chi connectivity index (χ0n) is 18.3. The van der Waals surface area contributed by atoms with Crippen LogP contribution in [0.25, 0.3) is 16.5 Å². The van der Waals surface area contributed by atoms with Crippen molar-refractivity contribution in [3.8, 4) is 5.75 Å². The van der Waals surface area contributed by atoms with Crippen LogP contribution in [0.3, 0.4) is 0 Å². The predicted molar refractivity (Wildman–Crippen MR) is 126 cm³/mol. The van der Waals surface area contributed by atoms with Gasteiger partial charge in [0.2, 0.25) is 0 Å². The highest BCUT2D eigenvalue weighted by molar-refractivity contribution is 5.90. The summed E-state index contributed by atoms with van der Waals surface area (Å²) < 4.78 is 5.78. The van der Waals surface area contributed by atoms with Crippen LogP contribution in [0.15, 0.2) is 72.0 Å². The van der Waals surface area contributed by atoms with Crippen LogP contribution in [-0.2, 0) is 0 Å². The Morgan fingerprint density at radius 2 is 1.90 bits per heavy atom. The van der Waals surface area contributed by atoms with E-state index in [1.807, 2.05) is 6.20 Å². The van der Waals surface area contributed by atoms with E-state index in [0.29, 0.717) is 5.92 Å². The molecule has 0 fully saturated rings. The summed E-state index contributed by atoms with van der Waals surface area (Å²) in [7, 11) is 1.76. The Labute approximate surface area is 179 Å². The van der Waals surface area contributed by atoms with E-state index in [1.54, 1.807) is 7.11 Å². The summed E-state index contributed by atoms with van der Waals surface area (Å²) in [6.45, 7) is 6.65. The largest absolute Gasteiger partial charge is 0.496 e. The zero-order chi connectivity index (χ0) is 21.1. The van der Waals surface area contributed by atoms with Gasteiger partial charge in [0, 0.05) is 5.39 Å².